The summed E-state index contributed by atoms with van der Waals surface area (Å²) in [4.78, 5) is 24.4. The van der Waals surface area contributed by atoms with Crippen LogP contribution in [0.4, 0.5) is 4.39 Å². The van der Waals surface area contributed by atoms with Crippen molar-refractivity contribution >= 4 is 57.9 Å². The summed E-state index contributed by atoms with van der Waals surface area (Å²) in [7, 11) is 0. The Morgan fingerprint density at radius 2 is 2.23 bits per heavy atom. The van der Waals surface area contributed by atoms with Crippen molar-refractivity contribution in [2.24, 2.45) is 0 Å². The lowest BCUT2D eigenvalue weighted by Crippen LogP contribution is -2.29. The van der Waals surface area contributed by atoms with Gasteiger partial charge in [0.2, 0.25) is 0 Å². The average molecular weight is 360 g/mol. The SMILES string of the molecule is O=C(O)CCCN1C(=O)/C(=C/c2c(F)cccc2Cl)SC1=S. The van der Waals surface area contributed by atoms with Crippen LogP contribution in [0.5, 0.6) is 0 Å². The Morgan fingerprint density at radius 3 is 2.86 bits per heavy atom. The maximum absolute atomic E-state index is 13.8. The highest BCUT2D eigenvalue weighted by Crippen LogP contribution is 2.34. The summed E-state index contributed by atoms with van der Waals surface area (Å²) < 4.78 is 14.1. The molecule has 1 amide bonds. The first-order chi connectivity index (χ1) is 10.4. The summed E-state index contributed by atoms with van der Waals surface area (Å²) in [5.74, 6) is -1.82. The van der Waals surface area contributed by atoms with Crippen LogP contribution in [0.15, 0.2) is 23.1 Å². The standard InChI is InChI=1S/C14H11ClFNO3S2/c15-9-3-1-4-10(16)8(9)7-11-13(20)17(14(21)22-11)6-2-5-12(18)19/h1,3-4,7H,2,5-6H2,(H,18,19)/b11-7-. The van der Waals surface area contributed by atoms with Crippen molar-refractivity contribution in [3.05, 3.63) is 39.5 Å². The van der Waals surface area contributed by atoms with E-state index >= 15 is 0 Å². The van der Waals surface area contributed by atoms with Crippen molar-refractivity contribution in [2.75, 3.05) is 6.54 Å². The lowest BCUT2D eigenvalue weighted by Gasteiger charge is -2.13. The van der Waals surface area contributed by atoms with E-state index in [1.807, 2.05) is 0 Å². The third kappa shape index (κ3) is 3.85. The highest BCUT2D eigenvalue weighted by molar-refractivity contribution is 8.26. The molecule has 1 aliphatic rings. The molecule has 1 aromatic rings. The van der Waals surface area contributed by atoms with Gasteiger partial charge in [-0.1, -0.05) is 41.6 Å². The highest BCUT2D eigenvalue weighted by Gasteiger charge is 2.32. The Bertz CT molecular complexity index is 658. The smallest absolute Gasteiger partial charge is 0.303 e. The molecule has 22 heavy (non-hydrogen) atoms. The summed E-state index contributed by atoms with van der Waals surface area (Å²) >= 11 is 12.1. The van der Waals surface area contributed by atoms with Crippen LogP contribution in [0.3, 0.4) is 0 Å². The van der Waals surface area contributed by atoms with Gasteiger partial charge in [-0.3, -0.25) is 14.5 Å². The molecular weight excluding hydrogens is 349 g/mol. The van der Waals surface area contributed by atoms with Gasteiger partial charge in [-0.05, 0) is 24.6 Å². The summed E-state index contributed by atoms with van der Waals surface area (Å²) in [5.41, 5.74) is 0.134. The maximum atomic E-state index is 13.8. The van der Waals surface area contributed by atoms with Crippen molar-refractivity contribution in [1.29, 1.82) is 0 Å². The topological polar surface area (TPSA) is 57.6 Å². The molecule has 0 aliphatic carbocycles. The molecule has 1 heterocycles. The van der Waals surface area contributed by atoms with Crippen LogP contribution in [-0.2, 0) is 9.59 Å². The van der Waals surface area contributed by atoms with Crippen LogP contribution in [-0.4, -0.2) is 32.7 Å². The average Bonchev–Trinajstić information content (AvgIpc) is 2.70. The largest absolute Gasteiger partial charge is 0.481 e. The monoisotopic (exact) mass is 359 g/mol. The van der Waals surface area contributed by atoms with Gasteiger partial charge in [-0.25, -0.2) is 4.39 Å². The number of hydrogen-bond donors (Lipinski definition) is 1. The van der Waals surface area contributed by atoms with Crippen molar-refractivity contribution in [2.45, 2.75) is 12.8 Å². The number of carbonyl (C=O) groups excluding carboxylic acids is 1. The van der Waals surface area contributed by atoms with Gasteiger partial charge in [0.25, 0.3) is 5.91 Å². The Labute approximate surface area is 140 Å². The molecule has 0 atom stereocenters. The second-order valence-electron chi connectivity index (χ2n) is 4.47. The van der Waals surface area contributed by atoms with Crippen molar-refractivity contribution < 1.29 is 19.1 Å². The first-order valence-corrected chi connectivity index (χ1v) is 7.91. The van der Waals surface area contributed by atoms with Gasteiger partial charge < -0.3 is 5.11 Å². The fourth-order valence-electron chi connectivity index (χ4n) is 1.86. The first kappa shape index (κ1) is 16.9. The van der Waals surface area contributed by atoms with Crippen LogP contribution in [0.1, 0.15) is 18.4 Å². The molecule has 1 aromatic carbocycles. The van der Waals surface area contributed by atoms with Crippen LogP contribution in [0, 0.1) is 5.82 Å². The molecule has 1 aliphatic heterocycles. The summed E-state index contributed by atoms with van der Waals surface area (Å²) in [6.45, 7) is 0.222. The number of hydrogen-bond acceptors (Lipinski definition) is 4. The van der Waals surface area contributed by atoms with E-state index in [2.05, 4.69) is 0 Å². The van der Waals surface area contributed by atoms with Crippen LogP contribution in [0.2, 0.25) is 5.02 Å². The fraction of sp³-hybridized carbons (Fsp3) is 0.214. The van der Waals surface area contributed by atoms with Gasteiger partial charge in [0, 0.05) is 18.5 Å². The molecule has 1 N–H and O–H groups in total. The Balaban J connectivity index is 2.17. The number of thiocarbonyl (C=S) groups is 1. The quantitative estimate of drug-likeness (QED) is 0.643. The molecule has 0 radical (unpaired) electrons. The lowest BCUT2D eigenvalue weighted by molar-refractivity contribution is -0.137. The van der Waals surface area contributed by atoms with E-state index in [0.29, 0.717) is 10.7 Å². The van der Waals surface area contributed by atoms with E-state index in [4.69, 9.17) is 28.9 Å². The number of thioether (sulfide) groups is 1. The van der Waals surface area contributed by atoms with Crippen molar-refractivity contribution in [1.82, 2.24) is 4.90 Å². The molecule has 116 valence electrons. The maximum Gasteiger partial charge on any atom is 0.303 e. The fourth-order valence-corrected chi connectivity index (χ4v) is 3.37. The van der Waals surface area contributed by atoms with E-state index in [9.17, 15) is 14.0 Å². The second kappa shape index (κ2) is 7.21. The van der Waals surface area contributed by atoms with Gasteiger partial charge in [0.15, 0.2) is 0 Å². The Morgan fingerprint density at radius 1 is 1.50 bits per heavy atom. The first-order valence-electron chi connectivity index (χ1n) is 6.31. The van der Waals surface area contributed by atoms with Gasteiger partial charge in [-0.2, -0.15) is 0 Å². The molecule has 0 saturated carbocycles. The molecule has 8 heteroatoms. The molecule has 0 bridgehead atoms. The number of halogens is 2. The summed E-state index contributed by atoms with van der Waals surface area (Å²) in [6.07, 6.45) is 1.62. The molecule has 2 rings (SSSR count). The third-order valence-corrected chi connectivity index (χ3v) is 4.63. The predicted octanol–water partition coefficient (Wildman–Crippen LogP) is 3.55. The number of carboxylic acid groups (broad SMARTS) is 1. The number of carboxylic acids is 1. The molecule has 0 aromatic heterocycles. The van der Waals surface area contributed by atoms with E-state index in [1.54, 1.807) is 0 Å². The van der Waals surface area contributed by atoms with Crippen LogP contribution in [0.25, 0.3) is 6.08 Å². The minimum Gasteiger partial charge on any atom is -0.481 e. The molecule has 0 spiro atoms. The molecule has 4 nitrogen and oxygen atoms in total. The van der Waals surface area contributed by atoms with Gasteiger partial charge in [0.1, 0.15) is 10.1 Å². The Kier molecular flexibility index (Phi) is 5.55. The number of nitrogens with zero attached hydrogens (tertiary/aromatic N) is 1. The van der Waals surface area contributed by atoms with Gasteiger partial charge in [-0.15, -0.1) is 0 Å². The lowest BCUT2D eigenvalue weighted by atomic mass is 10.2. The van der Waals surface area contributed by atoms with Gasteiger partial charge >= 0.3 is 5.97 Å². The normalized spacial score (nSPS) is 16.6. The molecule has 0 unspecified atom stereocenters. The van der Waals surface area contributed by atoms with E-state index in [-0.39, 0.29) is 34.4 Å². The predicted molar refractivity (Wildman–Crippen MR) is 88.2 cm³/mol. The number of rotatable bonds is 5. The minimum absolute atomic E-state index is 0.0464. The minimum atomic E-state index is -0.931. The van der Waals surface area contributed by atoms with Crippen molar-refractivity contribution in [3.63, 3.8) is 0 Å². The van der Waals surface area contributed by atoms with E-state index in [0.717, 1.165) is 11.8 Å². The number of amides is 1. The molecular formula is C14H11ClFNO3S2. The zero-order chi connectivity index (χ0) is 16.3. The summed E-state index contributed by atoms with van der Waals surface area (Å²) in [5, 5.41) is 8.82. The van der Waals surface area contributed by atoms with Crippen molar-refractivity contribution in [3.8, 4) is 0 Å². The van der Waals surface area contributed by atoms with Crippen LogP contribution < -0.4 is 0 Å². The number of aliphatic carboxylic acids is 1. The number of carbonyl (C=O) groups is 2. The molecule has 1 saturated heterocycles. The number of benzene rings is 1. The van der Waals surface area contributed by atoms with Crippen LogP contribution >= 0.6 is 35.6 Å². The zero-order valence-corrected chi connectivity index (χ0v) is 13.6. The van der Waals surface area contributed by atoms with Gasteiger partial charge in [0.05, 0.1) is 9.93 Å². The van der Waals surface area contributed by atoms with E-state index < -0.39 is 11.8 Å². The summed E-state index contributed by atoms with van der Waals surface area (Å²) in [6, 6.07) is 4.27. The highest BCUT2D eigenvalue weighted by atomic mass is 35.5. The second-order valence-corrected chi connectivity index (χ2v) is 6.55. The van der Waals surface area contributed by atoms with E-state index in [1.165, 1.54) is 29.2 Å². The Hall–Kier alpha value is -1.44. The molecule has 1 fully saturated rings. The third-order valence-electron chi connectivity index (χ3n) is 2.92. The zero-order valence-electron chi connectivity index (χ0n) is 11.2.